The van der Waals surface area contributed by atoms with E-state index < -0.39 is 0 Å². The molecule has 1 aromatic carbocycles. The summed E-state index contributed by atoms with van der Waals surface area (Å²) in [6, 6.07) is 8.97. The molecular weight excluding hydrogens is 399 g/mol. The molecule has 0 saturated carbocycles. The Morgan fingerprint density at radius 3 is 2.68 bits per heavy atom. The fourth-order valence-corrected chi connectivity index (χ4v) is 3.48. The molecular formula is C12H10ClIN2O2S. The van der Waals surface area contributed by atoms with E-state index in [4.69, 9.17) is 11.6 Å². The Labute approximate surface area is 133 Å². The highest BCUT2D eigenvalue weighted by Crippen LogP contribution is 2.28. The van der Waals surface area contributed by atoms with Crippen molar-refractivity contribution >= 4 is 56.9 Å². The molecule has 0 bridgehead atoms. The zero-order valence-corrected chi connectivity index (χ0v) is 13.7. The molecule has 0 aliphatic heterocycles. The first kappa shape index (κ1) is 14.5. The van der Waals surface area contributed by atoms with Gasteiger partial charge in [-0.25, -0.2) is 0 Å². The minimum atomic E-state index is -0.370. The Morgan fingerprint density at radius 1 is 1.42 bits per heavy atom. The first-order valence-corrected chi connectivity index (χ1v) is 7.64. The molecule has 1 heterocycles. The Hall–Kier alpha value is -0.860. The Balaban J connectivity index is 2.17. The third-order valence-electron chi connectivity index (χ3n) is 2.59. The number of thiophene rings is 1. The van der Waals surface area contributed by atoms with E-state index in [2.05, 4.69) is 0 Å². The van der Waals surface area contributed by atoms with E-state index in [0.717, 1.165) is 21.4 Å². The number of rotatable bonds is 4. The standard InChI is InChI=1S/C12H10ClIN2O2S/c1-15(7-9-3-5-12(13)19-9)8-2-4-11(16(17)18)10(14)6-8/h2-6H,7H2,1H3. The molecule has 0 amide bonds. The lowest BCUT2D eigenvalue weighted by molar-refractivity contribution is -0.385. The molecule has 2 aromatic rings. The summed E-state index contributed by atoms with van der Waals surface area (Å²) >= 11 is 9.41. The number of nitrogens with zero attached hydrogens (tertiary/aromatic N) is 2. The second-order valence-electron chi connectivity index (χ2n) is 3.95. The van der Waals surface area contributed by atoms with Crippen LogP contribution in [0.25, 0.3) is 0 Å². The molecule has 19 heavy (non-hydrogen) atoms. The van der Waals surface area contributed by atoms with Gasteiger partial charge in [-0.05, 0) is 46.9 Å². The molecule has 1 aromatic heterocycles. The van der Waals surface area contributed by atoms with Crippen LogP contribution < -0.4 is 4.90 Å². The van der Waals surface area contributed by atoms with Crippen molar-refractivity contribution in [2.24, 2.45) is 0 Å². The molecule has 0 N–H and O–H groups in total. The predicted octanol–water partition coefficient (Wildman–Crippen LogP) is 4.55. The minimum Gasteiger partial charge on any atom is -0.369 e. The highest BCUT2D eigenvalue weighted by molar-refractivity contribution is 14.1. The predicted molar refractivity (Wildman–Crippen MR) is 87.2 cm³/mol. The first-order chi connectivity index (χ1) is 8.97. The van der Waals surface area contributed by atoms with Gasteiger partial charge < -0.3 is 4.90 Å². The maximum absolute atomic E-state index is 10.8. The summed E-state index contributed by atoms with van der Waals surface area (Å²) in [5.41, 5.74) is 1.08. The first-order valence-electron chi connectivity index (χ1n) is 5.36. The SMILES string of the molecule is CN(Cc1ccc(Cl)s1)c1ccc([N+](=O)[O-])c(I)c1. The second-order valence-corrected chi connectivity index (χ2v) is 6.92. The van der Waals surface area contributed by atoms with Gasteiger partial charge in [0, 0.05) is 23.7 Å². The van der Waals surface area contributed by atoms with Crippen molar-refractivity contribution in [2.45, 2.75) is 6.54 Å². The lowest BCUT2D eigenvalue weighted by Crippen LogP contribution is -2.15. The van der Waals surface area contributed by atoms with Gasteiger partial charge in [0.2, 0.25) is 0 Å². The summed E-state index contributed by atoms with van der Waals surface area (Å²) in [6.07, 6.45) is 0. The summed E-state index contributed by atoms with van der Waals surface area (Å²) in [7, 11) is 1.95. The normalized spacial score (nSPS) is 10.5. The van der Waals surface area contributed by atoms with Crippen LogP contribution in [0.5, 0.6) is 0 Å². The van der Waals surface area contributed by atoms with Gasteiger partial charge in [0.1, 0.15) is 0 Å². The maximum Gasteiger partial charge on any atom is 0.282 e. The molecule has 2 rings (SSSR count). The molecule has 4 nitrogen and oxygen atoms in total. The number of hydrogen-bond donors (Lipinski definition) is 0. The van der Waals surface area contributed by atoms with Crippen molar-refractivity contribution in [1.29, 1.82) is 0 Å². The number of nitro benzene ring substituents is 1. The van der Waals surface area contributed by atoms with Gasteiger partial charge in [-0.1, -0.05) is 11.6 Å². The van der Waals surface area contributed by atoms with Gasteiger partial charge in [-0.2, -0.15) is 0 Å². The summed E-state index contributed by atoms with van der Waals surface area (Å²) < 4.78 is 1.40. The van der Waals surface area contributed by atoms with Gasteiger partial charge in [0.25, 0.3) is 5.69 Å². The van der Waals surface area contributed by atoms with Crippen molar-refractivity contribution in [3.8, 4) is 0 Å². The third kappa shape index (κ3) is 3.58. The van der Waals surface area contributed by atoms with Crippen LogP contribution in [-0.4, -0.2) is 12.0 Å². The molecule has 0 radical (unpaired) electrons. The van der Waals surface area contributed by atoms with E-state index in [1.165, 1.54) is 17.4 Å². The van der Waals surface area contributed by atoms with Gasteiger partial charge in [-0.3, -0.25) is 10.1 Å². The van der Waals surface area contributed by atoms with Crippen LogP contribution in [0, 0.1) is 13.7 Å². The minimum absolute atomic E-state index is 0.136. The van der Waals surface area contributed by atoms with Crippen molar-refractivity contribution in [3.05, 3.63) is 53.2 Å². The van der Waals surface area contributed by atoms with Crippen LogP contribution in [0.4, 0.5) is 11.4 Å². The second kappa shape index (κ2) is 6.06. The van der Waals surface area contributed by atoms with E-state index in [-0.39, 0.29) is 10.6 Å². The lowest BCUT2D eigenvalue weighted by Gasteiger charge is -2.18. The van der Waals surface area contributed by atoms with Crippen LogP contribution in [0.15, 0.2) is 30.3 Å². The topological polar surface area (TPSA) is 46.4 Å². The average Bonchev–Trinajstić information content (AvgIpc) is 2.74. The molecule has 0 saturated heterocycles. The fourth-order valence-electron chi connectivity index (χ4n) is 1.64. The number of anilines is 1. The fraction of sp³-hybridized carbons (Fsp3) is 0.167. The largest absolute Gasteiger partial charge is 0.369 e. The van der Waals surface area contributed by atoms with Gasteiger partial charge in [-0.15, -0.1) is 11.3 Å². The van der Waals surface area contributed by atoms with E-state index >= 15 is 0 Å². The van der Waals surface area contributed by atoms with Gasteiger partial charge in [0.15, 0.2) is 0 Å². The maximum atomic E-state index is 10.8. The van der Waals surface area contributed by atoms with Crippen LogP contribution in [-0.2, 0) is 6.54 Å². The van der Waals surface area contributed by atoms with Crippen molar-refractivity contribution in [2.75, 3.05) is 11.9 Å². The number of halogens is 2. The summed E-state index contributed by atoms with van der Waals surface area (Å²) in [5.74, 6) is 0. The van der Waals surface area contributed by atoms with E-state index in [1.54, 1.807) is 6.07 Å². The molecule has 0 aliphatic rings. The van der Waals surface area contributed by atoms with E-state index in [1.807, 2.05) is 52.7 Å². The summed E-state index contributed by atoms with van der Waals surface area (Å²) in [6.45, 7) is 0.727. The van der Waals surface area contributed by atoms with Crippen LogP contribution in [0.3, 0.4) is 0 Å². The molecule has 0 spiro atoms. The van der Waals surface area contributed by atoms with Crippen molar-refractivity contribution in [1.82, 2.24) is 0 Å². The van der Waals surface area contributed by atoms with Crippen molar-refractivity contribution < 1.29 is 4.92 Å². The molecule has 0 atom stereocenters. The Bertz CT molecular complexity index is 618. The van der Waals surface area contributed by atoms with Gasteiger partial charge >= 0.3 is 0 Å². The molecule has 0 aliphatic carbocycles. The van der Waals surface area contributed by atoms with Crippen LogP contribution in [0.1, 0.15) is 4.88 Å². The average molecular weight is 409 g/mol. The smallest absolute Gasteiger partial charge is 0.282 e. The highest BCUT2D eigenvalue weighted by Gasteiger charge is 2.13. The zero-order valence-electron chi connectivity index (χ0n) is 9.97. The molecule has 7 heteroatoms. The van der Waals surface area contributed by atoms with Crippen LogP contribution in [0.2, 0.25) is 4.34 Å². The highest BCUT2D eigenvalue weighted by atomic mass is 127. The van der Waals surface area contributed by atoms with Crippen molar-refractivity contribution in [3.63, 3.8) is 0 Å². The number of benzene rings is 1. The van der Waals surface area contributed by atoms with E-state index in [0.29, 0.717) is 3.57 Å². The number of nitro groups is 1. The summed E-state index contributed by atoms with van der Waals surface area (Å²) in [4.78, 5) is 13.6. The van der Waals surface area contributed by atoms with E-state index in [9.17, 15) is 10.1 Å². The molecule has 100 valence electrons. The van der Waals surface area contributed by atoms with Gasteiger partial charge in [0.05, 0.1) is 19.4 Å². The molecule has 0 unspecified atom stereocenters. The Morgan fingerprint density at radius 2 is 2.16 bits per heavy atom. The Kier molecular flexibility index (Phi) is 4.64. The lowest BCUT2D eigenvalue weighted by atomic mass is 10.2. The quantitative estimate of drug-likeness (QED) is 0.423. The third-order valence-corrected chi connectivity index (χ3v) is 4.67. The number of hydrogen-bond acceptors (Lipinski definition) is 4. The zero-order chi connectivity index (χ0) is 14.0. The van der Waals surface area contributed by atoms with Crippen LogP contribution >= 0.6 is 45.5 Å². The summed E-state index contributed by atoms with van der Waals surface area (Å²) in [5, 5.41) is 10.8. The molecule has 0 fully saturated rings. The monoisotopic (exact) mass is 408 g/mol.